The van der Waals surface area contributed by atoms with Crippen LogP contribution in [0.25, 0.3) is 0 Å². The zero-order chi connectivity index (χ0) is 15.2. The number of aliphatic hydroxyl groups excluding tert-OH is 1. The van der Waals surface area contributed by atoms with Crippen LogP contribution >= 0.6 is 22.9 Å². The van der Waals surface area contributed by atoms with E-state index in [0.29, 0.717) is 12.2 Å². The Morgan fingerprint density at radius 1 is 1.57 bits per heavy atom. The molecule has 21 heavy (non-hydrogen) atoms. The first-order chi connectivity index (χ1) is 10.1. The Bertz CT molecular complexity index is 628. The lowest BCUT2D eigenvalue weighted by atomic mass is 10.2. The van der Waals surface area contributed by atoms with Gasteiger partial charge in [-0.3, -0.25) is 4.79 Å². The molecule has 0 aromatic carbocycles. The summed E-state index contributed by atoms with van der Waals surface area (Å²) in [5.74, 6) is 0. The molecule has 0 aliphatic heterocycles. The van der Waals surface area contributed by atoms with Crippen molar-refractivity contribution in [1.29, 1.82) is 0 Å². The molecule has 1 atom stereocenters. The van der Waals surface area contributed by atoms with Crippen LogP contribution in [0.2, 0.25) is 5.02 Å². The van der Waals surface area contributed by atoms with Gasteiger partial charge in [0.1, 0.15) is 5.02 Å². The van der Waals surface area contributed by atoms with Gasteiger partial charge in [-0.05, 0) is 28.8 Å². The second kappa shape index (κ2) is 7.59. The van der Waals surface area contributed by atoms with Crippen LogP contribution in [-0.2, 0) is 6.54 Å². The average Bonchev–Trinajstić information content (AvgIpc) is 3.02. The highest BCUT2D eigenvalue weighted by atomic mass is 35.5. The number of aliphatic hydroxyl groups is 1. The van der Waals surface area contributed by atoms with E-state index in [0.717, 1.165) is 18.4 Å². The van der Waals surface area contributed by atoms with Crippen molar-refractivity contribution in [2.24, 2.45) is 0 Å². The maximum absolute atomic E-state index is 12.0. The lowest BCUT2D eigenvalue weighted by molar-refractivity contribution is 0.192. The van der Waals surface area contributed by atoms with E-state index < -0.39 is 6.10 Å². The fourth-order valence-electron chi connectivity index (χ4n) is 1.84. The van der Waals surface area contributed by atoms with Crippen molar-refractivity contribution in [3.8, 4) is 0 Å². The number of hydrogen-bond donors (Lipinski definition) is 2. The third kappa shape index (κ3) is 4.06. The molecule has 2 aromatic heterocycles. The number of nitrogens with one attached hydrogen (secondary N) is 1. The highest BCUT2D eigenvalue weighted by Gasteiger charge is 2.12. The molecule has 0 saturated carbocycles. The molecular formula is C14H18ClN3O2S. The summed E-state index contributed by atoms with van der Waals surface area (Å²) in [5, 5.41) is 21.0. The first-order valence-electron chi connectivity index (χ1n) is 6.83. The Morgan fingerprint density at radius 3 is 3.05 bits per heavy atom. The molecule has 0 spiro atoms. The summed E-state index contributed by atoms with van der Waals surface area (Å²) in [7, 11) is 0. The molecular weight excluding hydrogens is 310 g/mol. The quantitative estimate of drug-likeness (QED) is 0.820. The zero-order valence-corrected chi connectivity index (χ0v) is 13.3. The van der Waals surface area contributed by atoms with Crippen molar-refractivity contribution in [3.05, 3.63) is 44.0 Å². The Labute approximate surface area is 132 Å². The number of aryl methyl sites for hydroxylation is 1. The number of halogens is 1. The molecule has 1 unspecified atom stereocenters. The van der Waals surface area contributed by atoms with E-state index in [1.807, 2.05) is 23.8 Å². The molecule has 2 heterocycles. The largest absolute Gasteiger partial charge is 0.387 e. The normalized spacial score (nSPS) is 12.3. The van der Waals surface area contributed by atoms with E-state index in [-0.39, 0.29) is 17.1 Å². The van der Waals surface area contributed by atoms with E-state index in [2.05, 4.69) is 10.4 Å². The van der Waals surface area contributed by atoms with Crippen LogP contribution in [0.3, 0.4) is 0 Å². The van der Waals surface area contributed by atoms with Crippen LogP contribution < -0.4 is 10.9 Å². The minimum Gasteiger partial charge on any atom is -0.387 e. The van der Waals surface area contributed by atoms with Gasteiger partial charge in [0.2, 0.25) is 0 Å². The zero-order valence-electron chi connectivity index (χ0n) is 11.8. The fraction of sp³-hybridized carbons (Fsp3) is 0.429. The number of nitrogens with zero attached hydrogens (tertiary/aromatic N) is 2. The van der Waals surface area contributed by atoms with Crippen LogP contribution in [0.1, 0.15) is 31.4 Å². The summed E-state index contributed by atoms with van der Waals surface area (Å²) in [5.41, 5.74) is 0.983. The van der Waals surface area contributed by atoms with Crippen LogP contribution in [0.4, 0.5) is 5.69 Å². The monoisotopic (exact) mass is 327 g/mol. The van der Waals surface area contributed by atoms with Crippen molar-refractivity contribution < 1.29 is 5.11 Å². The van der Waals surface area contributed by atoms with E-state index >= 15 is 0 Å². The Morgan fingerprint density at radius 2 is 2.38 bits per heavy atom. The van der Waals surface area contributed by atoms with Crippen LogP contribution in [0, 0.1) is 0 Å². The SMILES string of the molecule is CCCCn1ncc(NCC(O)c2ccsc2)c(Cl)c1=O. The van der Waals surface area contributed by atoms with Crippen molar-refractivity contribution in [1.82, 2.24) is 9.78 Å². The summed E-state index contributed by atoms with van der Waals surface area (Å²) in [6.07, 6.45) is 2.75. The minimum absolute atomic E-state index is 0.110. The second-order valence-corrected chi connectivity index (χ2v) is 5.87. The van der Waals surface area contributed by atoms with Crippen LogP contribution in [0.5, 0.6) is 0 Å². The minimum atomic E-state index is -0.644. The third-order valence-corrected chi connectivity index (χ3v) is 4.19. The summed E-state index contributed by atoms with van der Waals surface area (Å²) < 4.78 is 1.37. The van der Waals surface area contributed by atoms with Crippen molar-refractivity contribution in [2.45, 2.75) is 32.4 Å². The van der Waals surface area contributed by atoms with Crippen LogP contribution in [-0.4, -0.2) is 21.4 Å². The van der Waals surface area contributed by atoms with Gasteiger partial charge in [0.05, 0.1) is 18.0 Å². The Hall–Kier alpha value is -1.37. The second-order valence-electron chi connectivity index (χ2n) is 4.71. The van der Waals surface area contributed by atoms with Gasteiger partial charge in [-0.2, -0.15) is 16.4 Å². The molecule has 0 bridgehead atoms. The number of hydrogen-bond acceptors (Lipinski definition) is 5. The molecule has 0 aliphatic carbocycles. The Balaban J connectivity index is 2.04. The topological polar surface area (TPSA) is 67.2 Å². The lowest BCUT2D eigenvalue weighted by Crippen LogP contribution is -2.25. The van der Waals surface area contributed by atoms with Gasteiger partial charge in [0.15, 0.2) is 0 Å². The van der Waals surface area contributed by atoms with Gasteiger partial charge in [-0.15, -0.1) is 0 Å². The Kier molecular flexibility index (Phi) is 5.78. The number of anilines is 1. The highest BCUT2D eigenvalue weighted by Crippen LogP contribution is 2.19. The summed E-state index contributed by atoms with van der Waals surface area (Å²) in [6.45, 7) is 2.89. The standard InChI is InChI=1S/C14H18ClN3O2S/c1-2-3-5-18-14(20)13(15)11(7-17-18)16-8-12(19)10-4-6-21-9-10/h4,6-7,9,12,16,19H,2-3,5,8H2,1H3. The van der Waals surface area contributed by atoms with Crippen molar-refractivity contribution in [2.75, 3.05) is 11.9 Å². The molecule has 0 aliphatic rings. The van der Waals surface area contributed by atoms with E-state index in [1.54, 1.807) is 0 Å². The molecule has 2 aromatic rings. The molecule has 0 fully saturated rings. The third-order valence-electron chi connectivity index (χ3n) is 3.12. The predicted octanol–water partition coefficient (Wildman–Crippen LogP) is 2.90. The maximum atomic E-state index is 12.0. The van der Waals surface area contributed by atoms with Gasteiger partial charge in [0, 0.05) is 13.1 Å². The molecule has 5 nitrogen and oxygen atoms in total. The smallest absolute Gasteiger partial charge is 0.287 e. The molecule has 114 valence electrons. The maximum Gasteiger partial charge on any atom is 0.287 e. The molecule has 0 radical (unpaired) electrons. The number of thiophene rings is 1. The summed E-state index contributed by atoms with van der Waals surface area (Å²) in [6, 6.07) is 1.86. The van der Waals surface area contributed by atoms with E-state index in [4.69, 9.17) is 11.6 Å². The molecule has 0 amide bonds. The average molecular weight is 328 g/mol. The van der Waals surface area contributed by atoms with Gasteiger partial charge >= 0.3 is 0 Å². The van der Waals surface area contributed by atoms with Gasteiger partial charge in [-0.25, -0.2) is 4.68 Å². The number of unbranched alkanes of at least 4 members (excludes halogenated alkanes) is 1. The molecule has 0 saturated heterocycles. The molecule has 2 N–H and O–H groups in total. The van der Waals surface area contributed by atoms with Crippen LogP contribution in [0.15, 0.2) is 27.8 Å². The first kappa shape index (κ1) is 16.0. The van der Waals surface area contributed by atoms with Crippen molar-refractivity contribution >= 4 is 28.6 Å². The summed E-state index contributed by atoms with van der Waals surface area (Å²) >= 11 is 7.60. The summed E-state index contributed by atoms with van der Waals surface area (Å²) in [4.78, 5) is 12.0. The lowest BCUT2D eigenvalue weighted by Gasteiger charge is -2.13. The first-order valence-corrected chi connectivity index (χ1v) is 8.15. The molecule has 7 heteroatoms. The van der Waals surface area contributed by atoms with Gasteiger partial charge in [0.25, 0.3) is 5.56 Å². The van der Waals surface area contributed by atoms with Gasteiger partial charge < -0.3 is 10.4 Å². The number of aromatic nitrogens is 2. The van der Waals surface area contributed by atoms with Gasteiger partial charge in [-0.1, -0.05) is 24.9 Å². The predicted molar refractivity (Wildman–Crippen MR) is 86.2 cm³/mol. The molecule has 2 rings (SSSR count). The van der Waals surface area contributed by atoms with E-state index in [9.17, 15) is 9.90 Å². The highest BCUT2D eigenvalue weighted by molar-refractivity contribution is 7.07. The fourth-order valence-corrected chi connectivity index (χ4v) is 2.76. The number of rotatable bonds is 7. The van der Waals surface area contributed by atoms with Crippen molar-refractivity contribution in [3.63, 3.8) is 0 Å². The van der Waals surface area contributed by atoms with E-state index in [1.165, 1.54) is 22.2 Å².